The van der Waals surface area contributed by atoms with E-state index in [4.69, 9.17) is 14.5 Å². The molecule has 1 aliphatic carbocycles. The van der Waals surface area contributed by atoms with Gasteiger partial charge in [0.1, 0.15) is 5.75 Å². The number of benzene rings is 1. The fourth-order valence-electron chi connectivity index (χ4n) is 4.44. The minimum absolute atomic E-state index is 0. The summed E-state index contributed by atoms with van der Waals surface area (Å²) in [5.74, 6) is 1.77. The van der Waals surface area contributed by atoms with Crippen molar-refractivity contribution in [2.75, 3.05) is 46.5 Å². The average molecular weight is 516 g/mol. The van der Waals surface area contributed by atoms with Crippen molar-refractivity contribution < 1.29 is 9.47 Å². The largest absolute Gasteiger partial charge is 0.496 e. The highest BCUT2D eigenvalue weighted by atomic mass is 127. The summed E-state index contributed by atoms with van der Waals surface area (Å²) >= 11 is 0. The number of aliphatic imine (C=N–C) groups is 1. The van der Waals surface area contributed by atoms with Crippen LogP contribution in [0.5, 0.6) is 5.75 Å². The maximum atomic E-state index is 5.60. The van der Waals surface area contributed by atoms with Gasteiger partial charge < -0.3 is 20.1 Å². The molecule has 3 rings (SSSR count). The molecule has 2 N–H and O–H groups in total. The molecule has 6 nitrogen and oxygen atoms in total. The molecule has 29 heavy (non-hydrogen) atoms. The SMILES string of the molecule is CCNC(=NCc1ccccc1OC)NCC1(N2CCOCC2)CCCCC1.I. The Labute approximate surface area is 192 Å². The van der Waals surface area contributed by atoms with E-state index in [0.29, 0.717) is 6.54 Å². The van der Waals surface area contributed by atoms with Crippen LogP contribution in [0.1, 0.15) is 44.6 Å². The fraction of sp³-hybridized carbons (Fsp3) is 0.682. The summed E-state index contributed by atoms with van der Waals surface area (Å²) in [6.45, 7) is 8.27. The van der Waals surface area contributed by atoms with Gasteiger partial charge in [0, 0.05) is 37.3 Å². The lowest BCUT2D eigenvalue weighted by Gasteiger charge is -2.48. The van der Waals surface area contributed by atoms with Crippen LogP contribution in [-0.4, -0.2) is 62.9 Å². The maximum Gasteiger partial charge on any atom is 0.191 e. The molecule has 0 amide bonds. The minimum Gasteiger partial charge on any atom is -0.496 e. The first-order chi connectivity index (χ1) is 13.8. The number of guanidine groups is 1. The van der Waals surface area contributed by atoms with Crippen molar-refractivity contribution in [1.82, 2.24) is 15.5 Å². The van der Waals surface area contributed by atoms with E-state index in [1.165, 1.54) is 32.1 Å². The van der Waals surface area contributed by atoms with Crippen molar-refractivity contribution in [3.63, 3.8) is 0 Å². The smallest absolute Gasteiger partial charge is 0.191 e. The van der Waals surface area contributed by atoms with E-state index in [0.717, 1.165) is 56.7 Å². The first-order valence-electron chi connectivity index (χ1n) is 10.7. The molecule has 2 aliphatic rings. The second kappa shape index (κ2) is 12.6. The van der Waals surface area contributed by atoms with Crippen molar-refractivity contribution >= 4 is 29.9 Å². The summed E-state index contributed by atoms with van der Waals surface area (Å²) in [6.07, 6.45) is 6.49. The quantitative estimate of drug-likeness (QED) is 0.331. The third-order valence-corrected chi connectivity index (χ3v) is 6.00. The molecule has 0 radical (unpaired) electrons. The van der Waals surface area contributed by atoms with Crippen LogP contribution in [0, 0.1) is 0 Å². The zero-order valence-electron chi connectivity index (χ0n) is 17.9. The Kier molecular flexibility index (Phi) is 10.5. The third kappa shape index (κ3) is 6.72. The Balaban J connectivity index is 0.00000300. The van der Waals surface area contributed by atoms with Gasteiger partial charge in [-0.2, -0.15) is 0 Å². The van der Waals surface area contributed by atoms with Crippen LogP contribution in [0.2, 0.25) is 0 Å². The zero-order valence-corrected chi connectivity index (χ0v) is 20.2. The Morgan fingerprint density at radius 1 is 1.14 bits per heavy atom. The lowest BCUT2D eigenvalue weighted by Crippen LogP contribution is -2.60. The molecule has 0 atom stereocenters. The molecular weight excluding hydrogens is 479 g/mol. The van der Waals surface area contributed by atoms with Gasteiger partial charge in [-0.1, -0.05) is 37.5 Å². The molecule has 1 aromatic carbocycles. The molecule has 1 saturated heterocycles. The van der Waals surface area contributed by atoms with Gasteiger partial charge in [-0.3, -0.25) is 4.90 Å². The number of ether oxygens (including phenoxy) is 2. The van der Waals surface area contributed by atoms with Crippen LogP contribution >= 0.6 is 24.0 Å². The first kappa shape index (κ1) is 24.2. The molecule has 164 valence electrons. The van der Waals surface area contributed by atoms with Gasteiger partial charge in [-0.25, -0.2) is 4.99 Å². The number of rotatable bonds is 7. The van der Waals surface area contributed by atoms with Gasteiger partial charge in [0.2, 0.25) is 0 Å². The molecular formula is C22H37IN4O2. The summed E-state index contributed by atoms with van der Waals surface area (Å²) in [7, 11) is 1.71. The van der Waals surface area contributed by atoms with Gasteiger partial charge >= 0.3 is 0 Å². The monoisotopic (exact) mass is 516 g/mol. The van der Waals surface area contributed by atoms with Gasteiger partial charge in [0.05, 0.1) is 26.9 Å². The van der Waals surface area contributed by atoms with E-state index >= 15 is 0 Å². The number of nitrogens with one attached hydrogen (secondary N) is 2. The van der Waals surface area contributed by atoms with Gasteiger partial charge in [-0.05, 0) is 25.8 Å². The van der Waals surface area contributed by atoms with E-state index in [1.807, 2.05) is 18.2 Å². The van der Waals surface area contributed by atoms with E-state index in [-0.39, 0.29) is 29.5 Å². The van der Waals surface area contributed by atoms with Crippen LogP contribution in [0.3, 0.4) is 0 Å². The predicted octanol–water partition coefficient (Wildman–Crippen LogP) is 3.40. The highest BCUT2D eigenvalue weighted by Gasteiger charge is 2.38. The maximum absolute atomic E-state index is 5.60. The van der Waals surface area contributed by atoms with Crippen molar-refractivity contribution in [3.8, 4) is 5.75 Å². The summed E-state index contributed by atoms with van der Waals surface area (Å²) < 4.78 is 11.1. The van der Waals surface area contributed by atoms with E-state index in [9.17, 15) is 0 Å². The van der Waals surface area contributed by atoms with Gasteiger partial charge in [0.15, 0.2) is 5.96 Å². The first-order valence-corrected chi connectivity index (χ1v) is 10.7. The van der Waals surface area contributed by atoms with E-state index in [1.54, 1.807) is 7.11 Å². The number of halogens is 1. The summed E-state index contributed by atoms with van der Waals surface area (Å²) in [5.41, 5.74) is 1.32. The highest BCUT2D eigenvalue weighted by Crippen LogP contribution is 2.33. The molecule has 0 spiro atoms. The molecule has 0 unspecified atom stereocenters. The molecule has 1 heterocycles. The van der Waals surface area contributed by atoms with Crippen LogP contribution < -0.4 is 15.4 Å². The van der Waals surface area contributed by atoms with Crippen LogP contribution in [0.25, 0.3) is 0 Å². The van der Waals surface area contributed by atoms with Crippen molar-refractivity contribution in [1.29, 1.82) is 0 Å². The zero-order chi connectivity index (χ0) is 19.7. The average Bonchev–Trinajstić information content (AvgIpc) is 2.77. The summed E-state index contributed by atoms with van der Waals surface area (Å²) in [4.78, 5) is 7.48. The molecule has 0 aromatic heterocycles. The molecule has 7 heteroatoms. The number of morpholine rings is 1. The Morgan fingerprint density at radius 3 is 2.55 bits per heavy atom. The normalized spacial score (nSPS) is 19.9. The second-order valence-corrected chi connectivity index (χ2v) is 7.74. The lowest BCUT2D eigenvalue weighted by molar-refractivity contribution is -0.0352. The highest BCUT2D eigenvalue weighted by molar-refractivity contribution is 14.0. The number of methoxy groups -OCH3 is 1. The van der Waals surface area contributed by atoms with Crippen LogP contribution in [0.4, 0.5) is 0 Å². The summed E-state index contributed by atoms with van der Waals surface area (Å²) in [6, 6.07) is 8.08. The third-order valence-electron chi connectivity index (χ3n) is 6.00. The second-order valence-electron chi connectivity index (χ2n) is 7.74. The number of para-hydroxylation sites is 1. The fourth-order valence-corrected chi connectivity index (χ4v) is 4.44. The summed E-state index contributed by atoms with van der Waals surface area (Å²) in [5, 5.41) is 7.06. The van der Waals surface area contributed by atoms with Gasteiger partial charge in [0.25, 0.3) is 0 Å². The predicted molar refractivity (Wildman–Crippen MR) is 129 cm³/mol. The van der Waals surface area contributed by atoms with E-state index in [2.05, 4.69) is 28.5 Å². The minimum atomic E-state index is 0. The molecule has 1 aliphatic heterocycles. The lowest BCUT2D eigenvalue weighted by atomic mass is 9.80. The molecule has 1 saturated carbocycles. The van der Waals surface area contributed by atoms with Crippen molar-refractivity contribution in [2.24, 2.45) is 4.99 Å². The van der Waals surface area contributed by atoms with E-state index < -0.39 is 0 Å². The molecule has 1 aromatic rings. The molecule has 2 fully saturated rings. The van der Waals surface area contributed by atoms with Crippen molar-refractivity contribution in [3.05, 3.63) is 29.8 Å². The van der Waals surface area contributed by atoms with Crippen LogP contribution in [0.15, 0.2) is 29.3 Å². The standard InChI is InChI=1S/C22H36N4O2.HI/c1-3-23-21(24-17-19-9-5-6-10-20(19)27-2)25-18-22(11-7-4-8-12-22)26-13-15-28-16-14-26;/h5-6,9-10H,3-4,7-8,11-18H2,1-2H3,(H2,23,24,25);1H. The number of nitrogens with zero attached hydrogens (tertiary/aromatic N) is 2. The number of hydrogen-bond donors (Lipinski definition) is 2. The Morgan fingerprint density at radius 2 is 1.86 bits per heavy atom. The van der Waals surface area contributed by atoms with Crippen LogP contribution in [-0.2, 0) is 11.3 Å². The number of hydrogen-bond acceptors (Lipinski definition) is 4. The van der Waals surface area contributed by atoms with Crippen molar-refractivity contribution in [2.45, 2.75) is 51.1 Å². The topological polar surface area (TPSA) is 58.1 Å². The molecule has 0 bridgehead atoms. The van der Waals surface area contributed by atoms with Gasteiger partial charge in [-0.15, -0.1) is 24.0 Å². The Hall–Kier alpha value is -1.06. The Bertz CT molecular complexity index is 629.